The molecular formula is C30H32AsClN4O4. The summed E-state index contributed by atoms with van der Waals surface area (Å²) in [4.78, 5) is 48.3. The molecule has 10 heteroatoms. The molecule has 0 saturated carbocycles. The number of phenols is 1. The van der Waals surface area contributed by atoms with E-state index in [0.29, 0.717) is 40.0 Å². The van der Waals surface area contributed by atoms with Crippen LogP contribution in [0.25, 0.3) is 10.9 Å². The summed E-state index contributed by atoms with van der Waals surface area (Å²) in [5.74, 6) is -0.130. The van der Waals surface area contributed by atoms with Gasteiger partial charge in [0.15, 0.2) is 0 Å². The quantitative estimate of drug-likeness (QED) is 0.251. The minimum absolute atomic E-state index is 0.0434. The Balaban J connectivity index is 2.00. The Hall–Kier alpha value is -3.45. The molecule has 3 N–H and O–H groups in total. The second-order valence-corrected chi connectivity index (χ2v) is 14.9. The number of nitrogens with zero attached hydrogens (tertiary/aromatic N) is 3. The fraction of sp³-hybridized carbons (Fsp3) is 0.267. The first-order valence-electron chi connectivity index (χ1n) is 12.9. The van der Waals surface area contributed by atoms with Crippen molar-refractivity contribution in [3.05, 3.63) is 105 Å². The zero-order valence-corrected chi connectivity index (χ0v) is 25.3. The van der Waals surface area contributed by atoms with Crippen LogP contribution in [0.5, 0.6) is 5.75 Å². The number of phenolic OH excluding ortho intramolecular Hbond substituents is 1. The molecule has 4 aromatic rings. The molecule has 1 aromatic heterocycles. The molecule has 0 aliphatic heterocycles. The number of fused-ring (bicyclic) bond motifs is 1. The number of nitrogens with two attached hydrogens (primary N) is 1. The van der Waals surface area contributed by atoms with Gasteiger partial charge in [0.2, 0.25) is 0 Å². The molecule has 0 saturated heterocycles. The van der Waals surface area contributed by atoms with Gasteiger partial charge in [-0.2, -0.15) is 0 Å². The van der Waals surface area contributed by atoms with Crippen LogP contribution in [-0.2, 0) is 11.3 Å². The van der Waals surface area contributed by atoms with Crippen molar-refractivity contribution in [1.82, 2.24) is 14.5 Å². The Morgan fingerprint density at radius 2 is 1.82 bits per heavy atom. The van der Waals surface area contributed by atoms with Gasteiger partial charge < -0.3 is 0 Å². The van der Waals surface area contributed by atoms with Gasteiger partial charge in [0, 0.05) is 0 Å². The Bertz CT molecular complexity index is 1600. The Kier molecular flexibility index (Phi) is 9.46. The molecule has 0 fully saturated rings. The normalized spacial score (nSPS) is 12.1. The summed E-state index contributed by atoms with van der Waals surface area (Å²) in [6.07, 6.45) is 0.456. The van der Waals surface area contributed by atoms with E-state index in [4.69, 9.17) is 22.3 Å². The summed E-state index contributed by atoms with van der Waals surface area (Å²) in [5.41, 5.74) is 11.7. The van der Waals surface area contributed by atoms with Gasteiger partial charge in [0.1, 0.15) is 0 Å². The van der Waals surface area contributed by atoms with Crippen molar-refractivity contribution in [2.75, 3.05) is 13.1 Å². The molecule has 0 bridgehead atoms. The molecule has 0 aliphatic carbocycles. The van der Waals surface area contributed by atoms with Crippen molar-refractivity contribution < 1.29 is 14.7 Å². The number of aromatic nitrogens is 2. The number of amides is 1. The SMILES string of the molecule is Cc1ccc(C(=O)N(CCCN)C(C(=O)[As](C)C)c2nc3cc(Cl)ccc3c(=O)n2Cc2cccc(O)c2)cc1. The third-order valence-corrected chi connectivity index (χ3v) is 9.19. The van der Waals surface area contributed by atoms with E-state index in [1.807, 2.05) is 30.5 Å². The second kappa shape index (κ2) is 12.8. The molecule has 4 rings (SSSR count). The van der Waals surface area contributed by atoms with Gasteiger partial charge >= 0.3 is 243 Å². The summed E-state index contributed by atoms with van der Waals surface area (Å²) >= 11 is 4.17. The number of rotatable bonds is 10. The van der Waals surface area contributed by atoms with Crippen molar-refractivity contribution >= 4 is 47.6 Å². The first-order valence-corrected chi connectivity index (χ1v) is 17.9. The summed E-state index contributed by atoms with van der Waals surface area (Å²) in [5, 5.41) is 10.8. The molecule has 3 aromatic carbocycles. The van der Waals surface area contributed by atoms with Crippen LogP contribution in [0.2, 0.25) is 16.4 Å². The van der Waals surface area contributed by atoms with Crippen LogP contribution in [0.1, 0.15) is 39.8 Å². The van der Waals surface area contributed by atoms with Crippen LogP contribution in [0.3, 0.4) is 0 Å². The van der Waals surface area contributed by atoms with Gasteiger partial charge in [0.05, 0.1) is 0 Å². The molecule has 40 heavy (non-hydrogen) atoms. The number of carbonyl (C=O) groups excluding carboxylic acids is 2. The molecule has 1 atom stereocenters. The number of hydrogen-bond acceptors (Lipinski definition) is 6. The first-order chi connectivity index (χ1) is 19.1. The van der Waals surface area contributed by atoms with Gasteiger partial charge in [-0.3, -0.25) is 0 Å². The molecule has 0 aliphatic rings. The average molecular weight is 623 g/mol. The monoisotopic (exact) mass is 622 g/mol. The van der Waals surface area contributed by atoms with E-state index in [9.17, 15) is 19.5 Å². The number of carbonyl (C=O) groups is 2. The predicted octanol–water partition coefficient (Wildman–Crippen LogP) is 4.51. The summed E-state index contributed by atoms with van der Waals surface area (Å²) < 4.78 is 1.31. The van der Waals surface area contributed by atoms with Crippen LogP contribution in [0.15, 0.2) is 71.5 Å². The molecule has 208 valence electrons. The third kappa shape index (κ3) is 6.47. The van der Waals surface area contributed by atoms with Crippen molar-refractivity contribution in [2.24, 2.45) is 5.73 Å². The standard InChI is InChI=1S/C30H32AsClN4O4/c1-19-8-10-21(11-9-19)29(39)35(15-5-14-33)26(27(38)31(2)3)28-34-25-17-22(32)12-13-24(25)30(40)36(28)18-20-6-4-7-23(37)16-20/h4,6-13,16-17,26,37H,5,14-15,18,33H2,1-3H3. The Morgan fingerprint density at radius 1 is 1.10 bits per heavy atom. The number of benzene rings is 3. The van der Waals surface area contributed by atoms with Gasteiger partial charge in [-0.25, -0.2) is 0 Å². The van der Waals surface area contributed by atoms with Gasteiger partial charge in [-0.05, 0) is 0 Å². The van der Waals surface area contributed by atoms with Crippen molar-refractivity contribution in [1.29, 1.82) is 0 Å². The van der Waals surface area contributed by atoms with Crippen LogP contribution in [-0.4, -0.2) is 57.8 Å². The summed E-state index contributed by atoms with van der Waals surface area (Å²) in [6.45, 7) is 2.50. The van der Waals surface area contributed by atoms with E-state index in [1.54, 1.807) is 54.6 Å². The molecule has 0 radical (unpaired) electrons. The third-order valence-electron chi connectivity index (χ3n) is 6.59. The van der Waals surface area contributed by atoms with Gasteiger partial charge in [-0.1, -0.05) is 0 Å². The van der Waals surface area contributed by atoms with Crippen molar-refractivity contribution in [3.8, 4) is 5.75 Å². The number of aromatic hydroxyl groups is 1. The van der Waals surface area contributed by atoms with E-state index in [2.05, 4.69) is 0 Å². The van der Waals surface area contributed by atoms with E-state index in [-0.39, 0.29) is 40.7 Å². The zero-order valence-electron chi connectivity index (χ0n) is 22.7. The number of aryl methyl sites for hydroxylation is 1. The average Bonchev–Trinajstić information content (AvgIpc) is 2.92. The first kappa shape index (κ1) is 29.5. The molecule has 1 heterocycles. The van der Waals surface area contributed by atoms with E-state index in [0.717, 1.165) is 5.56 Å². The molecule has 0 spiro atoms. The number of hydrogen-bond donors (Lipinski definition) is 2. The van der Waals surface area contributed by atoms with Gasteiger partial charge in [0.25, 0.3) is 0 Å². The van der Waals surface area contributed by atoms with Crippen molar-refractivity contribution in [2.45, 2.75) is 37.4 Å². The second-order valence-electron chi connectivity index (χ2n) is 9.83. The summed E-state index contributed by atoms with van der Waals surface area (Å²) in [6, 6.07) is 17.4. The topological polar surface area (TPSA) is 119 Å². The van der Waals surface area contributed by atoms with Gasteiger partial charge in [-0.15, -0.1) is 0 Å². The molecule has 1 unspecified atom stereocenters. The Labute approximate surface area is 242 Å². The van der Waals surface area contributed by atoms with Crippen LogP contribution in [0, 0.1) is 6.92 Å². The fourth-order valence-corrected chi connectivity index (χ4v) is 6.24. The molecule has 1 amide bonds. The van der Waals surface area contributed by atoms with Crippen LogP contribution < -0.4 is 11.3 Å². The van der Waals surface area contributed by atoms with Crippen LogP contribution >= 0.6 is 11.6 Å². The Morgan fingerprint density at radius 3 is 2.48 bits per heavy atom. The molecular weight excluding hydrogens is 591 g/mol. The number of halogens is 1. The fourth-order valence-electron chi connectivity index (χ4n) is 4.51. The predicted molar refractivity (Wildman–Crippen MR) is 159 cm³/mol. The maximum absolute atomic E-state index is 14.0. The van der Waals surface area contributed by atoms with Crippen molar-refractivity contribution in [3.63, 3.8) is 0 Å². The minimum atomic E-state index is -2.09. The summed E-state index contributed by atoms with van der Waals surface area (Å²) in [7, 11) is 0. The molecule has 8 nitrogen and oxygen atoms in total. The van der Waals surface area contributed by atoms with E-state index >= 15 is 0 Å². The zero-order chi connectivity index (χ0) is 29.0. The maximum atomic E-state index is 14.0. The van der Waals surface area contributed by atoms with Crippen LogP contribution in [0.4, 0.5) is 0 Å². The van der Waals surface area contributed by atoms with E-state index < -0.39 is 20.7 Å². The van der Waals surface area contributed by atoms with E-state index in [1.165, 1.54) is 9.47 Å².